The summed E-state index contributed by atoms with van der Waals surface area (Å²) in [5.41, 5.74) is 1.83. The van der Waals surface area contributed by atoms with Gasteiger partial charge < -0.3 is 24.4 Å². The number of methoxy groups -OCH3 is 2. The number of hydrogen-bond acceptors (Lipinski definition) is 6. The van der Waals surface area contributed by atoms with Crippen LogP contribution in [0.25, 0.3) is 0 Å². The minimum atomic E-state index is -0.258. The van der Waals surface area contributed by atoms with Crippen LogP contribution in [0.2, 0.25) is 0 Å². The maximum Gasteiger partial charge on any atom is 0.260 e. The van der Waals surface area contributed by atoms with E-state index in [4.69, 9.17) is 19.0 Å². The second-order valence-corrected chi connectivity index (χ2v) is 5.54. The number of hydrogen-bond donors (Lipinski definition) is 1. The van der Waals surface area contributed by atoms with Gasteiger partial charge in [-0.25, -0.2) is 0 Å². The van der Waals surface area contributed by atoms with Crippen LogP contribution in [0, 0.1) is 0 Å². The predicted molar refractivity (Wildman–Crippen MR) is 102 cm³/mol. The largest absolute Gasteiger partial charge is 0.493 e. The van der Waals surface area contributed by atoms with E-state index in [9.17, 15) is 4.79 Å². The second kappa shape index (κ2) is 11.5. The second-order valence-electron chi connectivity index (χ2n) is 5.54. The quantitative estimate of drug-likeness (QED) is 0.372. The average Bonchev–Trinajstić information content (AvgIpc) is 2.71. The third kappa shape index (κ3) is 7.37. The zero-order chi connectivity index (χ0) is 19.3. The Morgan fingerprint density at radius 1 is 1.11 bits per heavy atom. The first kappa shape index (κ1) is 20.3. The molecule has 0 aliphatic carbocycles. The van der Waals surface area contributed by atoms with Gasteiger partial charge in [-0.05, 0) is 23.8 Å². The highest BCUT2D eigenvalue weighted by Gasteiger charge is 2.06. The smallest absolute Gasteiger partial charge is 0.260 e. The lowest BCUT2D eigenvalue weighted by Gasteiger charge is -2.11. The minimum absolute atomic E-state index is 0.157. The molecule has 0 saturated carbocycles. The molecule has 0 fully saturated rings. The van der Waals surface area contributed by atoms with E-state index < -0.39 is 0 Å². The van der Waals surface area contributed by atoms with Crippen LogP contribution in [-0.4, -0.2) is 46.1 Å². The lowest BCUT2D eigenvalue weighted by atomic mass is 10.2. The van der Waals surface area contributed by atoms with Crippen LogP contribution < -0.4 is 14.8 Å². The fourth-order valence-electron chi connectivity index (χ4n) is 2.16. The first-order valence-corrected chi connectivity index (χ1v) is 8.48. The lowest BCUT2D eigenvalue weighted by Crippen LogP contribution is -2.29. The lowest BCUT2D eigenvalue weighted by molar-refractivity contribution is -0.125. The standard InChI is InChI=1S/C20H24N2O5/c1-24-11-10-21-20(23)15-27-22-13-17-8-9-18(19(12-17)25-2)26-14-16-6-4-3-5-7-16/h3-9,12-13H,10-11,14-15H2,1-2H3,(H,21,23)/b22-13+. The molecular weight excluding hydrogens is 348 g/mol. The first-order valence-electron chi connectivity index (χ1n) is 8.48. The van der Waals surface area contributed by atoms with Gasteiger partial charge in [0.05, 0.1) is 19.9 Å². The number of nitrogens with zero attached hydrogens (tertiary/aromatic N) is 1. The minimum Gasteiger partial charge on any atom is -0.493 e. The van der Waals surface area contributed by atoms with Gasteiger partial charge in [0.2, 0.25) is 0 Å². The van der Waals surface area contributed by atoms with Crippen molar-refractivity contribution in [3.63, 3.8) is 0 Å². The fourth-order valence-corrected chi connectivity index (χ4v) is 2.16. The van der Waals surface area contributed by atoms with Crippen LogP contribution in [0.5, 0.6) is 11.5 Å². The van der Waals surface area contributed by atoms with E-state index >= 15 is 0 Å². The number of carbonyl (C=O) groups excluding carboxylic acids is 1. The topological polar surface area (TPSA) is 78.4 Å². The third-order valence-corrected chi connectivity index (χ3v) is 3.53. The number of amides is 1. The fraction of sp³-hybridized carbons (Fsp3) is 0.300. The van der Waals surface area contributed by atoms with E-state index in [1.54, 1.807) is 26.4 Å². The molecule has 2 aromatic carbocycles. The summed E-state index contributed by atoms with van der Waals surface area (Å²) in [6.07, 6.45) is 1.51. The molecule has 0 aromatic heterocycles. The van der Waals surface area contributed by atoms with Gasteiger partial charge in [-0.2, -0.15) is 0 Å². The molecule has 0 spiro atoms. The molecule has 0 heterocycles. The van der Waals surface area contributed by atoms with Gasteiger partial charge in [-0.1, -0.05) is 35.5 Å². The number of oxime groups is 1. The van der Waals surface area contributed by atoms with E-state index in [1.807, 2.05) is 36.4 Å². The average molecular weight is 372 g/mol. The molecule has 0 aliphatic rings. The molecule has 27 heavy (non-hydrogen) atoms. The molecule has 0 unspecified atom stereocenters. The number of carbonyl (C=O) groups is 1. The number of nitrogens with one attached hydrogen (secondary N) is 1. The van der Waals surface area contributed by atoms with Gasteiger partial charge in [0, 0.05) is 19.2 Å². The van der Waals surface area contributed by atoms with Gasteiger partial charge in [-0.3, -0.25) is 4.79 Å². The summed E-state index contributed by atoms with van der Waals surface area (Å²) in [5.74, 6) is 0.968. The zero-order valence-corrected chi connectivity index (χ0v) is 15.5. The molecule has 0 saturated heterocycles. The summed E-state index contributed by atoms with van der Waals surface area (Å²) in [7, 11) is 3.14. The molecule has 0 atom stereocenters. The molecule has 7 heteroatoms. The summed E-state index contributed by atoms with van der Waals surface area (Å²) in [5, 5.41) is 6.43. The van der Waals surface area contributed by atoms with Crippen LogP contribution in [0.15, 0.2) is 53.7 Å². The maximum absolute atomic E-state index is 11.5. The maximum atomic E-state index is 11.5. The summed E-state index contributed by atoms with van der Waals surface area (Å²) in [4.78, 5) is 16.4. The summed E-state index contributed by atoms with van der Waals surface area (Å²) < 4.78 is 16.0. The number of rotatable bonds is 11. The molecule has 1 N–H and O–H groups in total. The van der Waals surface area contributed by atoms with E-state index in [1.165, 1.54) is 6.21 Å². The van der Waals surface area contributed by atoms with Crippen molar-refractivity contribution in [2.45, 2.75) is 6.61 Å². The van der Waals surface area contributed by atoms with Crippen molar-refractivity contribution in [2.24, 2.45) is 5.16 Å². The number of benzene rings is 2. The van der Waals surface area contributed by atoms with Crippen LogP contribution in [0.1, 0.15) is 11.1 Å². The molecule has 2 rings (SSSR count). The van der Waals surface area contributed by atoms with Gasteiger partial charge in [0.15, 0.2) is 18.1 Å². The molecule has 7 nitrogen and oxygen atoms in total. The monoisotopic (exact) mass is 372 g/mol. The molecule has 2 aromatic rings. The normalized spacial score (nSPS) is 10.6. The van der Waals surface area contributed by atoms with Crippen molar-refractivity contribution < 1.29 is 23.8 Å². The Morgan fingerprint density at radius 3 is 2.67 bits per heavy atom. The van der Waals surface area contributed by atoms with Gasteiger partial charge in [0.1, 0.15) is 6.61 Å². The summed E-state index contributed by atoms with van der Waals surface area (Å²) in [6, 6.07) is 15.3. The Labute approximate surface area is 158 Å². The highest BCUT2D eigenvalue weighted by atomic mass is 16.6. The van der Waals surface area contributed by atoms with E-state index in [0.717, 1.165) is 11.1 Å². The van der Waals surface area contributed by atoms with Crippen molar-refractivity contribution in [3.8, 4) is 11.5 Å². The zero-order valence-electron chi connectivity index (χ0n) is 15.5. The summed E-state index contributed by atoms with van der Waals surface area (Å²) >= 11 is 0. The molecule has 0 radical (unpaired) electrons. The molecule has 0 bridgehead atoms. The van der Waals surface area contributed by atoms with Gasteiger partial charge in [0.25, 0.3) is 5.91 Å². The van der Waals surface area contributed by atoms with E-state index in [-0.39, 0.29) is 12.5 Å². The number of ether oxygens (including phenoxy) is 3. The Bertz CT molecular complexity index is 734. The molecule has 0 aliphatic heterocycles. The van der Waals surface area contributed by atoms with E-state index in [2.05, 4.69) is 10.5 Å². The predicted octanol–water partition coefficient (Wildman–Crippen LogP) is 2.39. The summed E-state index contributed by atoms with van der Waals surface area (Å²) in [6.45, 7) is 1.18. The Hall–Kier alpha value is -3.06. The van der Waals surface area contributed by atoms with Crippen LogP contribution >= 0.6 is 0 Å². The van der Waals surface area contributed by atoms with Crippen molar-refractivity contribution >= 4 is 12.1 Å². The van der Waals surface area contributed by atoms with Crippen LogP contribution in [0.4, 0.5) is 0 Å². The molecular formula is C20H24N2O5. The van der Waals surface area contributed by atoms with Crippen LogP contribution in [-0.2, 0) is 21.0 Å². The van der Waals surface area contributed by atoms with Crippen molar-refractivity contribution in [3.05, 3.63) is 59.7 Å². The van der Waals surface area contributed by atoms with Crippen molar-refractivity contribution in [1.82, 2.24) is 5.32 Å². The molecule has 1 amide bonds. The van der Waals surface area contributed by atoms with Gasteiger partial charge in [-0.15, -0.1) is 0 Å². The van der Waals surface area contributed by atoms with Crippen molar-refractivity contribution in [2.75, 3.05) is 34.0 Å². The Morgan fingerprint density at radius 2 is 1.93 bits per heavy atom. The third-order valence-electron chi connectivity index (χ3n) is 3.53. The highest BCUT2D eigenvalue weighted by Crippen LogP contribution is 2.28. The highest BCUT2D eigenvalue weighted by molar-refractivity contribution is 5.81. The Kier molecular flexibility index (Phi) is 8.65. The van der Waals surface area contributed by atoms with Gasteiger partial charge >= 0.3 is 0 Å². The SMILES string of the molecule is COCCNC(=O)CO/N=C/c1ccc(OCc2ccccc2)c(OC)c1. The first-order chi connectivity index (χ1) is 13.2. The van der Waals surface area contributed by atoms with Crippen LogP contribution in [0.3, 0.4) is 0 Å². The van der Waals surface area contributed by atoms with E-state index in [0.29, 0.717) is 31.3 Å². The molecule has 144 valence electrons. The van der Waals surface area contributed by atoms with Crippen molar-refractivity contribution in [1.29, 1.82) is 0 Å². The Balaban J connectivity index is 1.84.